The van der Waals surface area contributed by atoms with Crippen molar-refractivity contribution in [1.82, 2.24) is 14.8 Å². The average molecular weight is 287 g/mol. The topological polar surface area (TPSA) is 55.5 Å². The minimum absolute atomic E-state index is 0.648. The Morgan fingerprint density at radius 3 is 2.56 bits per heavy atom. The maximum absolute atomic E-state index is 5.32. The molecule has 8 heteroatoms. The molecule has 0 saturated carbocycles. The fraction of sp³-hybridized carbons (Fsp3) is 0.700. The van der Waals surface area contributed by atoms with E-state index in [4.69, 9.17) is 4.74 Å². The lowest BCUT2D eigenvalue weighted by atomic mass is 10.4. The van der Waals surface area contributed by atoms with Crippen LogP contribution in [0.5, 0.6) is 0 Å². The van der Waals surface area contributed by atoms with E-state index in [0.29, 0.717) is 5.95 Å². The number of aliphatic imine (C=N–C) groups is 1. The van der Waals surface area contributed by atoms with Gasteiger partial charge in [0.15, 0.2) is 0 Å². The Balaban J connectivity index is 2.18. The number of hydrogen-bond donors (Lipinski definition) is 0. The number of morpholine rings is 1. The summed E-state index contributed by atoms with van der Waals surface area (Å²) in [6, 6.07) is 0. The molecule has 18 heavy (non-hydrogen) atoms. The Morgan fingerprint density at radius 1 is 1.28 bits per heavy atom. The molecule has 1 aromatic rings. The van der Waals surface area contributed by atoms with Crippen LogP contribution < -0.4 is 4.90 Å². The number of aryl methyl sites for hydroxylation is 1. The minimum atomic E-state index is 0.648. The van der Waals surface area contributed by atoms with E-state index in [1.807, 2.05) is 19.6 Å². The number of anilines is 1. The quantitative estimate of drug-likeness (QED) is 0.605. The summed E-state index contributed by atoms with van der Waals surface area (Å²) < 4.78 is 8.02. The van der Waals surface area contributed by atoms with Crippen LogP contribution in [0.3, 0.4) is 0 Å². The van der Waals surface area contributed by atoms with E-state index < -0.39 is 0 Å². The van der Waals surface area contributed by atoms with E-state index in [1.54, 1.807) is 28.2 Å². The fourth-order valence-electron chi connectivity index (χ4n) is 1.61. The van der Waals surface area contributed by atoms with Crippen molar-refractivity contribution in [2.45, 2.75) is 0 Å². The smallest absolute Gasteiger partial charge is 0.250 e. The summed E-state index contributed by atoms with van der Waals surface area (Å²) in [5.41, 5.74) is 0. The number of hydrogen-bond acceptors (Lipinski definition) is 7. The van der Waals surface area contributed by atoms with Crippen molar-refractivity contribution in [2.75, 3.05) is 43.7 Å². The first-order valence-electron chi connectivity index (χ1n) is 5.65. The summed E-state index contributed by atoms with van der Waals surface area (Å²) in [5.74, 6) is 1.39. The minimum Gasteiger partial charge on any atom is -0.378 e. The summed E-state index contributed by atoms with van der Waals surface area (Å²) in [7, 11) is 1.87. The van der Waals surface area contributed by atoms with Gasteiger partial charge in [-0.3, -0.25) is 0 Å². The third-order valence-corrected chi connectivity index (χ3v) is 4.44. The molecule has 1 aliphatic heterocycles. The molecular formula is C10H17N5OS2. The Kier molecular flexibility index (Phi) is 4.90. The summed E-state index contributed by atoms with van der Waals surface area (Å²) in [4.78, 5) is 11.1. The summed E-state index contributed by atoms with van der Waals surface area (Å²) in [6.45, 7) is 3.14. The van der Waals surface area contributed by atoms with E-state index in [0.717, 1.165) is 36.6 Å². The van der Waals surface area contributed by atoms with Gasteiger partial charge in [0, 0.05) is 20.1 Å². The van der Waals surface area contributed by atoms with E-state index in [-0.39, 0.29) is 0 Å². The summed E-state index contributed by atoms with van der Waals surface area (Å²) in [6.07, 6.45) is 4.02. The number of nitrogens with zero attached hydrogens (tertiary/aromatic N) is 5. The molecule has 1 aromatic heterocycles. The molecule has 0 bridgehead atoms. The first-order chi connectivity index (χ1) is 8.74. The molecule has 0 spiro atoms. The van der Waals surface area contributed by atoms with Crippen LogP contribution in [0.2, 0.25) is 0 Å². The average Bonchev–Trinajstić information content (AvgIpc) is 2.78. The van der Waals surface area contributed by atoms with Gasteiger partial charge < -0.3 is 9.64 Å². The molecule has 0 amide bonds. The zero-order valence-electron chi connectivity index (χ0n) is 10.8. The number of rotatable bonds is 2. The first kappa shape index (κ1) is 13.7. The molecule has 0 N–H and O–H groups in total. The molecule has 0 unspecified atom stereocenters. The predicted octanol–water partition coefficient (Wildman–Crippen LogP) is 1.37. The van der Waals surface area contributed by atoms with Gasteiger partial charge >= 0.3 is 0 Å². The maximum Gasteiger partial charge on any atom is 0.250 e. The van der Waals surface area contributed by atoms with Crippen molar-refractivity contribution >= 4 is 39.8 Å². The van der Waals surface area contributed by atoms with E-state index in [2.05, 4.69) is 20.0 Å². The Bertz CT molecular complexity index is 422. The summed E-state index contributed by atoms with van der Waals surface area (Å²) in [5, 5.41) is 4.41. The van der Waals surface area contributed by atoms with Gasteiger partial charge in [0.05, 0.1) is 13.2 Å². The lowest BCUT2D eigenvalue weighted by molar-refractivity contribution is 0.122. The second kappa shape index (κ2) is 6.44. The predicted molar refractivity (Wildman–Crippen MR) is 78.2 cm³/mol. The molecule has 0 aliphatic carbocycles. The second-order valence-electron chi connectivity index (χ2n) is 3.72. The van der Waals surface area contributed by atoms with Gasteiger partial charge in [-0.1, -0.05) is 0 Å². The van der Waals surface area contributed by atoms with E-state index in [9.17, 15) is 0 Å². The van der Waals surface area contributed by atoms with Crippen molar-refractivity contribution in [2.24, 2.45) is 12.0 Å². The Labute approximate surface area is 115 Å². The number of ether oxygens (including phenoxy) is 1. The monoisotopic (exact) mass is 287 g/mol. The van der Waals surface area contributed by atoms with Crippen molar-refractivity contribution in [3.05, 3.63) is 0 Å². The Morgan fingerprint density at radius 2 is 1.94 bits per heavy atom. The van der Waals surface area contributed by atoms with Gasteiger partial charge in [0.1, 0.15) is 4.38 Å². The van der Waals surface area contributed by atoms with Crippen LogP contribution in [-0.2, 0) is 11.8 Å². The van der Waals surface area contributed by atoms with Crippen LogP contribution in [-0.4, -0.2) is 58.0 Å². The molecule has 1 fully saturated rings. The standard InChI is InChI=1S/C10H17N5OS2/c1-14-8(12-10(17-2)18-3)11-9(13-14)15-4-6-16-7-5-15/h4-7H2,1-3H3. The first-order valence-corrected chi connectivity index (χ1v) is 8.10. The molecule has 100 valence electrons. The highest BCUT2D eigenvalue weighted by Gasteiger charge is 2.17. The van der Waals surface area contributed by atoms with Crippen molar-refractivity contribution in [1.29, 1.82) is 0 Å². The van der Waals surface area contributed by atoms with Crippen molar-refractivity contribution in [3.8, 4) is 0 Å². The SMILES string of the molecule is CSC(=Nc1nc(N2CCOCC2)nn1C)SC. The third-order valence-electron chi connectivity index (χ3n) is 2.56. The van der Waals surface area contributed by atoms with Gasteiger partial charge in [-0.15, -0.1) is 28.6 Å². The van der Waals surface area contributed by atoms with Crippen LogP contribution in [0.1, 0.15) is 0 Å². The van der Waals surface area contributed by atoms with Crippen LogP contribution >= 0.6 is 23.5 Å². The van der Waals surface area contributed by atoms with Crippen LogP contribution in [0.15, 0.2) is 4.99 Å². The maximum atomic E-state index is 5.32. The molecule has 0 atom stereocenters. The van der Waals surface area contributed by atoms with Crippen LogP contribution in [0, 0.1) is 0 Å². The van der Waals surface area contributed by atoms with Gasteiger partial charge in [-0.2, -0.15) is 9.98 Å². The molecule has 0 radical (unpaired) electrons. The fourth-order valence-corrected chi connectivity index (χ4v) is 2.63. The van der Waals surface area contributed by atoms with Gasteiger partial charge in [0.25, 0.3) is 5.95 Å². The van der Waals surface area contributed by atoms with Crippen LogP contribution in [0.25, 0.3) is 0 Å². The normalized spacial score (nSPS) is 15.8. The molecule has 1 aliphatic rings. The second-order valence-corrected chi connectivity index (χ2v) is 5.57. The zero-order valence-corrected chi connectivity index (χ0v) is 12.4. The lowest BCUT2D eigenvalue weighted by Gasteiger charge is -2.25. The van der Waals surface area contributed by atoms with Crippen molar-refractivity contribution in [3.63, 3.8) is 0 Å². The summed E-state index contributed by atoms with van der Waals surface area (Å²) >= 11 is 3.23. The highest BCUT2D eigenvalue weighted by molar-refractivity contribution is 8.38. The lowest BCUT2D eigenvalue weighted by Crippen LogP contribution is -2.36. The van der Waals surface area contributed by atoms with E-state index in [1.165, 1.54) is 0 Å². The van der Waals surface area contributed by atoms with E-state index >= 15 is 0 Å². The molecule has 6 nitrogen and oxygen atoms in total. The van der Waals surface area contributed by atoms with Gasteiger partial charge in [-0.05, 0) is 12.5 Å². The molecule has 1 saturated heterocycles. The highest BCUT2D eigenvalue weighted by atomic mass is 32.2. The number of aromatic nitrogens is 3. The Hall–Kier alpha value is -0.730. The van der Waals surface area contributed by atoms with Crippen LogP contribution in [0.4, 0.5) is 11.9 Å². The highest BCUT2D eigenvalue weighted by Crippen LogP contribution is 2.20. The molecule has 0 aromatic carbocycles. The zero-order chi connectivity index (χ0) is 13.0. The molecular weight excluding hydrogens is 270 g/mol. The largest absolute Gasteiger partial charge is 0.378 e. The molecule has 2 rings (SSSR count). The van der Waals surface area contributed by atoms with Gasteiger partial charge in [0.2, 0.25) is 5.95 Å². The van der Waals surface area contributed by atoms with Gasteiger partial charge in [-0.25, -0.2) is 4.68 Å². The van der Waals surface area contributed by atoms with Crippen molar-refractivity contribution < 1.29 is 4.74 Å². The molecule has 2 heterocycles. The third kappa shape index (κ3) is 3.18. The number of thioether (sulfide) groups is 2.